The number of rotatable bonds is 4. The minimum absolute atomic E-state index is 0.572. The van der Waals surface area contributed by atoms with E-state index in [4.69, 9.17) is 4.98 Å². The van der Waals surface area contributed by atoms with Crippen LogP contribution in [0.15, 0.2) is 6.20 Å². The van der Waals surface area contributed by atoms with Gasteiger partial charge in [-0.25, -0.2) is 4.98 Å². The molecule has 1 aromatic heterocycles. The SMILES string of the molecule is Cc1cn(C2CCCC2)c(NC(C)C2CC3CCC2C3)n1. The third-order valence-corrected chi connectivity index (χ3v) is 6.36. The van der Waals surface area contributed by atoms with Crippen molar-refractivity contribution in [2.75, 3.05) is 5.32 Å². The summed E-state index contributed by atoms with van der Waals surface area (Å²) in [6.45, 7) is 4.51. The summed E-state index contributed by atoms with van der Waals surface area (Å²) in [7, 11) is 0. The molecule has 1 aromatic rings. The Labute approximate surface area is 128 Å². The second-order valence-corrected chi connectivity index (χ2v) is 7.82. The average molecular weight is 287 g/mol. The molecule has 1 heterocycles. The normalized spacial score (nSPS) is 33.7. The number of fused-ring (bicyclic) bond motifs is 2. The summed E-state index contributed by atoms with van der Waals surface area (Å²) in [6.07, 6.45) is 13.6. The van der Waals surface area contributed by atoms with Gasteiger partial charge in [-0.1, -0.05) is 19.3 Å². The number of aromatic nitrogens is 2. The lowest BCUT2D eigenvalue weighted by atomic mass is 9.84. The predicted octanol–water partition coefficient (Wildman–Crippen LogP) is 4.54. The van der Waals surface area contributed by atoms with Crippen LogP contribution in [0.25, 0.3) is 0 Å². The summed E-state index contributed by atoms with van der Waals surface area (Å²) < 4.78 is 2.44. The summed E-state index contributed by atoms with van der Waals surface area (Å²) >= 11 is 0. The zero-order valence-corrected chi connectivity index (χ0v) is 13.5. The van der Waals surface area contributed by atoms with E-state index in [0.717, 1.165) is 29.4 Å². The van der Waals surface area contributed by atoms with E-state index in [0.29, 0.717) is 12.1 Å². The van der Waals surface area contributed by atoms with Crippen LogP contribution < -0.4 is 5.32 Å². The van der Waals surface area contributed by atoms with E-state index in [9.17, 15) is 0 Å². The third kappa shape index (κ3) is 2.49. The van der Waals surface area contributed by atoms with Gasteiger partial charge in [0.15, 0.2) is 0 Å². The van der Waals surface area contributed by atoms with Gasteiger partial charge < -0.3 is 9.88 Å². The molecular weight excluding hydrogens is 258 g/mol. The van der Waals surface area contributed by atoms with Gasteiger partial charge in [-0.05, 0) is 63.7 Å². The number of nitrogens with zero attached hydrogens (tertiary/aromatic N) is 2. The van der Waals surface area contributed by atoms with E-state index in [1.165, 1.54) is 51.4 Å². The van der Waals surface area contributed by atoms with E-state index in [1.807, 2.05) is 0 Å². The number of hydrogen-bond donors (Lipinski definition) is 1. The van der Waals surface area contributed by atoms with E-state index >= 15 is 0 Å². The summed E-state index contributed by atoms with van der Waals surface area (Å²) in [4.78, 5) is 4.78. The van der Waals surface area contributed by atoms with Gasteiger partial charge >= 0.3 is 0 Å². The van der Waals surface area contributed by atoms with Crippen LogP contribution in [0.4, 0.5) is 5.95 Å². The monoisotopic (exact) mass is 287 g/mol. The smallest absolute Gasteiger partial charge is 0.203 e. The highest BCUT2D eigenvalue weighted by Gasteiger charge is 2.42. The van der Waals surface area contributed by atoms with Crippen molar-refractivity contribution in [3.8, 4) is 0 Å². The lowest BCUT2D eigenvalue weighted by Crippen LogP contribution is -2.31. The van der Waals surface area contributed by atoms with Crippen molar-refractivity contribution in [2.24, 2.45) is 17.8 Å². The van der Waals surface area contributed by atoms with Gasteiger partial charge in [0, 0.05) is 18.3 Å². The van der Waals surface area contributed by atoms with Crippen molar-refractivity contribution in [3.63, 3.8) is 0 Å². The first kappa shape index (κ1) is 13.7. The van der Waals surface area contributed by atoms with Gasteiger partial charge in [0.2, 0.25) is 5.95 Å². The molecule has 4 atom stereocenters. The van der Waals surface area contributed by atoms with Gasteiger partial charge in [-0.15, -0.1) is 0 Å². The molecular formula is C18H29N3. The standard InChI is InChI=1S/C18H29N3/c1-12-11-21(16-5-3-4-6-16)18(19-12)20-13(2)17-10-14-7-8-15(17)9-14/h11,13-17H,3-10H2,1-2H3,(H,19,20). The molecule has 4 unspecified atom stereocenters. The molecule has 1 N–H and O–H groups in total. The minimum atomic E-state index is 0.572. The fraction of sp³-hybridized carbons (Fsp3) is 0.833. The first-order chi connectivity index (χ1) is 10.2. The van der Waals surface area contributed by atoms with E-state index < -0.39 is 0 Å². The van der Waals surface area contributed by atoms with Crippen molar-refractivity contribution in [3.05, 3.63) is 11.9 Å². The van der Waals surface area contributed by atoms with Gasteiger partial charge in [0.25, 0.3) is 0 Å². The first-order valence-corrected chi connectivity index (χ1v) is 9.02. The molecule has 0 saturated heterocycles. The highest BCUT2D eigenvalue weighted by atomic mass is 15.2. The Balaban J connectivity index is 1.48. The van der Waals surface area contributed by atoms with Crippen LogP contribution in [0.5, 0.6) is 0 Å². The molecule has 3 aliphatic rings. The number of hydrogen-bond acceptors (Lipinski definition) is 2. The molecule has 4 rings (SSSR count). The molecule has 0 spiro atoms. The Morgan fingerprint density at radius 3 is 2.67 bits per heavy atom. The van der Waals surface area contributed by atoms with Crippen LogP contribution >= 0.6 is 0 Å². The van der Waals surface area contributed by atoms with Crippen LogP contribution in [0, 0.1) is 24.7 Å². The van der Waals surface area contributed by atoms with Gasteiger partial charge in [-0.2, -0.15) is 0 Å². The molecule has 0 aliphatic heterocycles. The average Bonchev–Trinajstić information content (AvgIpc) is 3.22. The Morgan fingerprint density at radius 1 is 1.19 bits per heavy atom. The number of aryl methyl sites for hydroxylation is 1. The molecule has 0 amide bonds. The van der Waals surface area contributed by atoms with Gasteiger partial charge in [0.1, 0.15) is 0 Å². The summed E-state index contributed by atoms with van der Waals surface area (Å²) in [6, 6.07) is 1.25. The number of nitrogens with one attached hydrogen (secondary N) is 1. The van der Waals surface area contributed by atoms with Crippen LogP contribution in [0.1, 0.15) is 70.0 Å². The molecule has 116 valence electrons. The largest absolute Gasteiger partial charge is 0.353 e. The summed E-state index contributed by atoms with van der Waals surface area (Å²) in [5.74, 6) is 4.02. The lowest BCUT2D eigenvalue weighted by Gasteiger charge is -2.29. The van der Waals surface area contributed by atoms with Crippen LogP contribution in [0.2, 0.25) is 0 Å². The van der Waals surface area contributed by atoms with Crippen LogP contribution in [0.3, 0.4) is 0 Å². The molecule has 2 bridgehead atoms. The molecule has 3 aliphatic carbocycles. The van der Waals surface area contributed by atoms with Crippen LogP contribution in [-0.4, -0.2) is 15.6 Å². The predicted molar refractivity (Wildman–Crippen MR) is 86.5 cm³/mol. The highest BCUT2D eigenvalue weighted by molar-refractivity contribution is 5.31. The zero-order chi connectivity index (χ0) is 14.4. The third-order valence-electron chi connectivity index (χ3n) is 6.36. The Hall–Kier alpha value is -0.990. The fourth-order valence-corrected chi connectivity index (χ4v) is 5.30. The zero-order valence-electron chi connectivity index (χ0n) is 13.5. The van der Waals surface area contributed by atoms with E-state index in [1.54, 1.807) is 0 Å². The van der Waals surface area contributed by atoms with Crippen molar-refractivity contribution >= 4 is 5.95 Å². The summed E-state index contributed by atoms with van der Waals surface area (Å²) in [5.41, 5.74) is 1.16. The molecule has 3 nitrogen and oxygen atoms in total. The second-order valence-electron chi connectivity index (χ2n) is 7.82. The van der Waals surface area contributed by atoms with E-state index in [2.05, 4.69) is 29.9 Å². The van der Waals surface area contributed by atoms with Crippen LogP contribution in [-0.2, 0) is 0 Å². The highest BCUT2D eigenvalue weighted by Crippen LogP contribution is 2.49. The number of imidazole rings is 1. The van der Waals surface area contributed by atoms with Crippen molar-refractivity contribution in [1.82, 2.24) is 9.55 Å². The lowest BCUT2D eigenvalue weighted by molar-refractivity contribution is 0.302. The Bertz CT molecular complexity index is 501. The molecule has 3 fully saturated rings. The van der Waals surface area contributed by atoms with Crippen molar-refractivity contribution in [1.29, 1.82) is 0 Å². The number of anilines is 1. The quantitative estimate of drug-likeness (QED) is 0.881. The molecule has 0 aromatic carbocycles. The molecule has 3 heteroatoms. The van der Waals surface area contributed by atoms with Gasteiger partial charge in [-0.3, -0.25) is 0 Å². The summed E-state index contributed by atoms with van der Waals surface area (Å²) in [5, 5.41) is 3.79. The Morgan fingerprint density at radius 2 is 2.00 bits per heavy atom. The van der Waals surface area contributed by atoms with Crippen molar-refractivity contribution < 1.29 is 0 Å². The van der Waals surface area contributed by atoms with E-state index in [-0.39, 0.29) is 0 Å². The molecule has 0 radical (unpaired) electrons. The maximum atomic E-state index is 4.78. The maximum Gasteiger partial charge on any atom is 0.203 e. The first-order valence-electron chi connectivity index (χ1n) is 9.02. The second kappa shape index (κ2) is 5.33. The minimum Gasteiger partial charge on any atom is -0.353 e. The van der Waals surface area contributed by atoms with Gasteiger partial charge in [0.05, 0.1) is 5.69 Å². The maximum absolute atomic E-state index is 4.78. The Kier molecular flexibility index (Phi) is 3.47. The fourth-order valence-electron chi connectivity index (χ4n) is 5.30. The molecule has 3 saturated carbocycles. The molecule has 21 heavy (non-hydrogen) atoms. The van der Waals surface area contributed by atoms with Crippen molar-refractivity contribution in [2.45, 2.75) is 77.3 Å². The topological polar surface area (TPSA) is 29.9 Å².